The zero-order chi connectivity index (χ0) is 15.5. The van der Waals surface area contributed by atoms with Crippen LogP contribution in [-0.2, 0) is 9.59 Å². The van der Waals surface area contributed by atoms with Crippen molar-refractivity contribution >= 4 is 36.6 Å². The molecule has 1 aliphatic heterocycles. The third-order valence-corrected chi connectivity index (χ3v) is 4.73. The molecule has 0 unspecified atom stereocenters. The summed E-state index contributed by atoms with van der Waals surface area (Å²) in [6.07, 6.45) is 5.49. The fourth-order valence-electron chi connectivity index (χ4n) is 3.13. The molecule has 8 heteroatoms. The van der Waals surface area contributed by atoms with Gasteiger partial charge in [0.2, 0.25) is 11.8 Å². The van der Waals surface area contributed by atoms with Crippen LogP contribution in [0.25, 0.3) is 0 Å². The zero-order valence-electron chi connectivity index (χ0n) is 14.0. The second-order valence-corrected chi connectivity index (χ2v) is 6.68. The number of nitrogens with zero attached hydrogens (tertiary/aromatic N) is 2. The number of amides is 2. The van der Waals surface area contributed by atoms with Gasteiger partial charge in [-0.15, -0.1) is 24.8 Å². The van der Waals surface area contributed by atoms with Crippen LogP contribution in [0.5, 0.6) is 0 Å². The van der Waals surface area contributed by atoms with Crippen molar-refractivity contribution in [2.45, 2.75) is 50.1 Å². The van der Waals surface area contributed by atoms with Gasteiger partial charge in [-0.05, 0) is 25.7 Å². The summed E-state index contributed by atoms with van der Waals surface area (Å²) in [5.41, 5.74) is 5.53. The van der Waals surface area contributed by atoms with E-state index in [1.807, 2.05) is 0 Å². The number of hydrogen-bond acceptors (Lipinski definition) is 4. The van der Waals surface area contributed by atoms with Crippen molar-refractivity contribution < 1.29 is 9.59 Å². The Balaban J connectivity index is 0.00000242. The van der Waals surface area contributed by atoms with E-state index in [-0.39, 0.29) is 42.7 Å². The van der Waals surface area contributed by atoms with Crippen molar-refractivity contribution in [1.82, 2.24) is 15.1 Å². The topological polar surface area (TPSA) is 78.7 Å². The van der Waals surface area contributed by atoms with Gasteiger partial charge in [-0.25, -0.2) is 0 Å². The van der Waals surface area contributed by atoms with Gasteiger partial charge in [0, 0.05) is 33.2 Å². The van der Waals surface area contributed by atoms with E-state index in [2.05, 4.69) is 10.2 Å². The highest BCUT2D eigenvalue weighted by atomic mass is 35.5. The summed E-state index contributed by atoms with van der Waals surface area (Å²) in [4.78, 5) is 27.7. The van der Waals surface area contributed by atoms with Crippen molar-refractivity contribution in [2.75, 3.05) is 33.7 Å². The third-order valence-electron chi connectivity index (χ3n) is 4.73. The van der Waals surface area contributed by atoms with Gasteiger partial charge in [-0.2, -0.15) is 0 Å². The molecule has 1 saturated heterocycles. The molecule has 23 heavy (non-hydrogen) atoms. The van der Waals surface area contributed by atoms with Crippen molar-refractivity contribution in [1.29, 1.82) is 0 Å². The molecule has 3 N–H and O–H groups in total. The van der Waals surface area contributed by atoms with Crippen LogP contribution in [0.15, 0.2) is 0 Å². The summed E-state index contributed by atoms with van der Waals surface area (Å²) in [5, 5.41) is 3.11. The van der Waals surface area contributed by atoms with Crippen molar-refractivity contribution in [3.05, 3.63) is 0 Å². The smallest absolute Gasteiger partial charge is 0.240 e. The number of rotatable bonds is 4. The van der Waals surface area contributed by atoms with E-state index in [9.17, 15) is 9.59 Å². The molecule has 1 saturated carbocycles. The first-order chi connectivity index (χ1) is 9.90. The minimum Gasteiger partial charge on any atom is -0.352 e. The summed E-state index contributed by atoms with van der Waals surface area (Å²) in [6.45, 7) is 2.17. The predicted molar refractivity (Wildman–Crippen MR) is 96.2 cm³/mol. The molecule has 0 bridgehead atoms. The lowest BCUT2D eigenvalue weighted by molar-refractivity contribution is -0.131. The lowest BCUT2D eigenvalue weighted by atomic mass is 9.96. The predicted octanol–water partition coefficient (Wildman–Crippen LogP) is 0.770. The summed E-state index contributed by atoms with van der Waals surface area (Å²) in [6, 6.07) is 0.198. The lowest BCUT2D eigenvalue weighted by Crippen LogP contribution is -2.56. The van der Waals surface area contributed by atoms with Gasteiger partial charge >= 0.3 is 0 Å². The Hall–Kier alpha value is -0.560. The number of carbonyl (C=O) groups is 2. The molecular weight excluding hydrogens is 339 g/mol. The molecule has 2 fully saturated rings. The van der Waals surface area contributed by atoms with Gasteiger partial charge in [-0.3, -0.25) is 14.5 Å². The standard InChI is InChI=1S/C15H28N4O2.2ClH/c1-18(2)13(20)11-19-9-5-12(6-10-19)17-14(21)15(16)7-3-4-8-15;;/h12H,3-11,16H2,1-2H3,(H,17,21);2*1H. The number of likely N-dealkylation sites (tertiary alicyclic amines) is 1. The molecule has 2 rings (SSSR count). The molecule has 0 spiro atoms. The van der Waals surface area contributed by atoms with E-state index in [4.69, 9.17) is 5.73 Å². The number of halogens is 2. The van der Waals surface area contributed by atoms with Crippen LogP contribution in [0.4, 0.5) is 0 Å². The van der Waals surface area contributed by atoms with Crippen LogP contribution in [0.3, 0.4) is 0 Å². The molecule has 1 aliphatic carbocycles. The Bertz CT molecular complexity index is 393. The maximum Gasteiger partial charge on any atom is 0.240 e. The van der Waals surface area contributed by atoms with Gasteiger partial charge in [0.15, 0.2) is 0 Å². The largest absolute Gasteiger partial charge is 0.352 e. The summed E-state index contributed by atoms with van der Waals surface area (Å²) in [5.74, 6) is 0.146. The molecule has 136 valence electrons. The molecule has 6 nitrogen and oxygen atoms in total. The number of piperidine rings is 1. The fourth-order valence-corrected chi connectivity index (χ4v) is 3.13. The van der Waals surface area contributed by atoms with E-state index in [1.165, 1.54) is 0 Å². The van der Waals surface area contributed by atoms with Gasteiger partial charge < -0.3 is 16.0 Å². The number of carbonyl (C=O) groups excluding carboxylic acids is 2. The van der Waals surface area contributed by atoms with Gasteiger partial charge in [-0.1, -0.05) is 12.8 Å². The van der Waals surface area contributed by atoms with Crippen LogP contribution in [0, 0.1) is 0 Å². The van der Waals surface area contributed by atoms with Gasteiger partial charge in [0.05, 0.1) is 12.1 Å². The van der Waals surface area contributed by atoms with E-state index in [0.717, 1.165) is 51.6 Å². The van der Waals surface area contributed by atoms with Gasteiger partial charge in [0.25, 0.3) is 0 Å². The Labute approximate surface area is 151 Å². The second-order valence-electron chi connectivity index (χ2n) is 6.68. The van der Waals surface area contributed by atoms with E-state index in [1.54, 1.807) is 19.0 Å². The van der Waals surface area contributed by atoms with Gasteiger partial charge in [0.1, 0.15) is 0 Å². The van der Waals surface area contributed by atoms with Crippen LogP contribution < -0.4 is 11.1 Å². The number of hydrogen-bond donors (Lipinski definition) is 2. The first-order valence-electron chi connectivity index (χ1n) is 7.93. The van der Waals surface area contributed by atoms with Crippen molar-refractivity contribution in [3.63, 3.8) is 0 Å². The zero-order valence-corrected chi connectivity index (χ0v) is 15.7. The summed E-state index contributed by atoms with van der Waals surface area (Å²) in [7, 11) is 3.55. The Morgan fingerprint density at radius 1 is 1.17 bits per heavy atom. The highest BCUT2D eigenvalue weighted by Gasteiger charge is 2.38. The first-order valence-corrected chi connectivity index (χ1v) is 7.93. The SMILES string of the molecule is CN(C)C(=O)CN1CCC(NC(=O)C2(N)CCCC2)CC1.Cl.Cl. The maximum atomic E-state index is 12.3. The second kappa shape index (κ2) is 9.67. The molecule has 2 amide bonds. The highest BCUT2D eigenvalue weighted by molar-refractivity contribution is 5.86. The highest BCUT2D eigenvalue weighted by Crippen LogP contribution is 2.27. The lowest BCUT2D eigenvalue weighted by Gasteiger charge is -2.34. The fraction of sp³-hybridized carbons (Fsp3) is 0.867. The van der Waals surface area contributed by atoms with Crippen LogP contribution in [0.2, 0.25) is 0 Å². The third kappa shape index (κ3) is 6.10. The first kappa shape index (κ1) is 22.4. The average Bonchev–Trinajstić information content (AvgIpc) is 2.89. The Morgan fingerprint density at radius 3 is 2.17 bits per heavy atom. The minimum atomic E-state index is -0.641. The molecule has 0 aromatic heterocycles. The van der Waals surface area contributed by atoms with E-state index < -0.39 is 5.54 Å². The van der Waals surface area contributed by atoms with Crippen molar-refractivity contribution in [2.24, 2.45) is 5.73 Å². The van der Waals surface area contributed by atoms with E-state index in [0.29, 0.717) is 6.54 Å². The Kier molecular flexibility index (Phi) is 9.43. The summed E-state index contributed by atoms with van der Waals surface area (Å²) >= 11 is 0. The molecule has 0 radical (unpaired) electrons. The number of nitrogens with two attached hydrogens (primary N) is 1. The van der Waals surface area contributed by atoms with Crippen LogP contribution in [-0.4, -0.2) is 66.9 Å². The monoisotopic (exact) mass is 368 g/mol. The normalized spacial score (nSPS) is 21.0. The van der Waals surface area contributed by atoms with Crippen LogP contribution >= 0.6 is 24.8 Å². The maximum absolute atomic E-state index is 12.3. The van der Waals surface area contributed by atoms with Crippen LogP contribution in [0.1, 0.15) is 38.5 Å². The Morgan fingerprint density at radius 2 is 1.70 bits per heavy atom. The molecule has 0 atom stereocenters. The summed E-state index contributed by atoms with van der Waals surface area (Å²) < 4.78 is 0. The van der Waals surface area contributed by atoms with E-state index >= 15 is 0 Å². The quantitative estimate of drug-likeness (QED) is 0.767. The number of likely N-dealkylation sites (N-methyl/N-ethyl adjacent to an activating group) is 1. The molecular formula is C15H30Cl2N4O2. The minimum absolute atomic E-state index is 0. The molecule has 0 aromatic rings. The molecule has 0 aromatic carbocycles. The molecule has 1 heterocycles. The number of nitrogens with one attached hydrogen (secondary N) is 1. The molecule has 2 aliphatic rings. The van der Waals surface area contributed by atoms with Crippen molar-refractivity contribution in [3.8, 4) is 0 Å². The average molecular weight is 369 g/mol.